The first-order valence-electron chi connectivity index (χ1n) is 5.97. The highest BCUT2D eigenvalue weighted by molar-refractivity contribution is 5.87. The number of carboxylic acid groups (broad SMARTS) is 1. The second-order valence-electron chi connectivity index (χ2n) is 4.50. The number of nitrogens with two attached hydrogens (primary N) is 1. The minimum Gasteiger partial charge on any atom is -0.478 e. The van der Waals surface area contributed by atoms with Gasteiger partial charge in [0.2, 0.25) is 0 Å². The highest BCUT2D eigenvalue weighted by Crippen LogP contribution is 2.19. The van der Waals surface area contributed by atoms with E-state index in [1.165, 1.54) is 12.8 Å². The van der Waals surface area contributed by atoms with Crippen molar-refractivity contribution in [3.8, 4) is 0 Å². The van der Waals surface area contributed by atoms with E-state index < -0.39 is 5.97 Å². The molecule has 1 aliphatic rings. The van der Waals surface area contributed by atoms with Crippen molar-refractivity contribution in [3.05, 3.63) is 35.4 Å². The van der Waals surface area contributed by atoms with E-state index in [1.807, 2.05) is 12.1 Å². The number of carbonyl (C=O) groups is 1. The fourth-order valence-corrected chi connectivity index (χ4v) is 2.36. The van der Waals surface area contributed by atoms with Crippen LogP contribution >= 0.6 is 0 Å². The molecule has 1 heterocycles. The Kier molecular flexibility index (Phi) is 3.76. The van der Waals surface area contributed by atoms with Crippen molar-refractivity contribution in [1.82, 2.24) is 4.90 Å². The molecular weight excluding hydrogens is 216 g/mol. The molecule has 2 rings (SSSR count). The van der Waals surface area contributed by atoms with Crippen LogP contribution < -0.4 is 5.73 Å². The largest absolute Gasteiger partial charge is 0.478 e. The maximum absolute atomic E-state index is 10.7. The van der Waals surface area contributed by atoms with E-state index >= 15 is 0 Å². The Bertz CT molecular complexity index is 389. The molecule has 0 saturated carbocycles. The Morgan fingerprint density at radius 3 is 2.71 bits per heavy atom. The molecular formula is C13H18N2O2. The number of benzene rings is 1. The van der Waals surface area contributed by atoms with Crippen LogP contribution in [-0.4, -0.2) is 35.1 Å². The smallest absolute Gasteiger partial charge is 0.335 e. The normalized spacial score (nSPS) is 20.6. The lowest BCUT2D eigenvalue weighted by atomic mass is 10.1. The number of carboxylic acids is 1. The maximum atomic E-state index is 10.7. The highest BCUT2D eigenvalue weighted by atomic mass is 16.4. The Balaban J connectivity index is 2.01. The third kappa shape index (κ3) is 2.84. The molecule has 4 heteroatoms. The van der Waals surface area contributed by atoms with Crippen molar-refractivity contribution in [2.45, 2.75) is 25.4 Å². The van der Waals surface area contributed by atoms with E-state index in [9.17, 15) is 4.79 Å². The molecule has 17 heavy (non-hydrogen) atoms. The quantitative estimate of drug-likeness (QED) is 0.824. The molecule has 92 valence electrons. The average molecular weight is 234 g/mol. The van der Waals surface area contributed by atoms with Crippen molar-refractivity contribution >= 4 is 5.97 Å². The first-order valence-corrected chi connectivity index (χ1v) is 5.97. The van der Waals surface area contributed by atoms with Crippen LogP contribution in [0.4, 0.5) is 0 Å². The minimum absolute atomic E-state index is 0.338. The van der Waals surface area contributed by atoms with Crippen LogP contribution in [0.25, 0.3) is 0 Å². The topological polar surface area (TPSA) is 66.6 Å². The van der Waals surface area contributed by atoms with Gasteiger partial charge in [-0.25, -0.2) is 4.79 Å². The van der Waals surface area contributed by atoms with Gasteiger partial charge in [-0.3, -0.25) is 4.90 Å². The van der Waals surface area contributed by atoms with Crippen LogP contribution in [0.5, 0.6) is 0 Å². The molecule has 4 nitrogen and oxygen atoms in total. The molecule has 1 unspecified atom stereocenters. The molecule has 1 aromatic carbocycles. The van der Waals surface area contributed by atoms with Crippen molar-refractivity contribution in [2.75, 3.05) is 13.1 Å². The number of hydrogen-bond acceptors (Lipinski definition) is 3. The fraction of sp³-hybridized carbons (Fsp3) is 0.462. The number of nitrogens with zero attached hydrogens (tertiary/aromatic N) is 1. The molecule has 0 spiro atoms. The molecule has 1 saturated heterocycles. The third-order valence-electron chi connectivity index (χ3n) is 3.36. The first-order chi connectivity index (χ1) is 8.20. The Morgan fingerprint density at radius 1 is 1.41 bits per heavy atom. The second kappa shape index (κ2) is 5.29. The zero-order valence-corrected chi connectivity index (χ0v) is 9.80. The predicted octanol–water partition coefficient (Wildman–Crippen LogP) is 1.31. The monoisotopic (exact) mass is 234 g/mol. The summed E-state index contributed by atoms with van der Waals surface area (Å²) in [4.78, 5) is 13.1. The van der Waals surface area contributed by atoms with Crippen molar-refractivity contribution in [1.29, 1.82) is 0 Å². The van der Waals surface area contributed by atoms with Crippen LogP contribution in [0.1, 0.15) is 28.8 Å². The lowest BCUT2D eigenvalue weighted by Crippen LogP contribution is -2.34. The molecule has 0 aromatic heterocycles. The summed E-state index contributed by atoms with van der Waals surface area (Å²) in [6.45, 7) is 2.65. The zero-order chi connectivity index (χ0) is 12.3. The Hall–Kier alpha value is -1.39. The van der Waals surface area contributed by atoms with Crippen molar-refractivity contribution in [2.24, 2.45) is 5.73 Å². The second-order valence-corrected chi connectivity index (χ2v) is 4.50. The Morgan fingerprint density at radius 2 is 2.12 bits per heavy atom. The first kappa shape index (κ1) is 12.1. The third-order valence-corrected chi connectivity index (χ3v) is 3.36. The molecule has 1 atom stereocenters. The molecule has 0 radical (unpaired) electrons. The van der Waals surface area contributed by atoms with Gasteiger partial charge in [-0.2, -0.15) is 0 Å². The summed E-state index contributed by atoms with van der Waals surface area (Å²) in [7, 11) is 0. The molecule has 0 amide bonds. The van der Waals surface area contributed by atoms with Crippen LogP contribution in [0, 0.1) is 0 Å². The summed E-state index contributed by atoms with van der Waals surface area (Å²) in [5.74, 6) is -0.877. The van der Waals surface area contributed by atoms with Gasteiger partial charge in [0.15, 0.2) is 0 Å². The van der Waals surface area contributed by atoms with E-state index in [-0.39, 0.29) is 0 Å². The molecule has 1 aromatic rings. The summed E-state index contributed by atoms with van der Waals surface area (Å²) in [6.07, 6.45) is 2.37. The zero-order valence-electron chi connectivity index (χ0n) is 9.80. The fourth-order valence-electron chi connectivity index (χ4n) is 2.36. The number of rotatable bonds is 4. The predicted molar refractivity (Wildman–Crippen MR) is 65.9 cm³/mol. The van der Waals surface area contributed by atoms with E-state index in [4.69, 9.17) is 10.8 Å². The lowest BCUT2D eigenvalue weighted by molar-refractivity contribution is 0.0697. The Labute approximate surface area is 101 Å². The summed E-state index contributed by atoms with van der Waals surface area (Å²) >= 11 is 0. The number of aromatic carboxylic acids is 1. The summed E-state index contributed by atoms with van der Waals surface area (Å²) < 4.78 is 0. The van der Waals surface area contributed by atoms with E-state index in [2.05, 4.69) is 4.90 Å². The summed E-state index contributed by atoms with van der Waals surface area (Å²) in [5, 5.41) is 8.81. The molecule has 0 aliphatic carbocycles. The van der Waals surface area contributed by atoms with Crippen LogP contribution in [0.2, 0.25) is 0 Å². The van der Waals surface area contributed by atoms with Gasteiger partial charge in [-0.15, -0.1) is 0 Å². The summed E-state index contributed by atoms with van der Waals surface area (Å²) in [5.41, 5.74) is 7.21. The van der Waals surface area contributed by atoms with Gasteiger partial charge in [0.05, 0.1) is 5.56 Å². The highest BCUT2D eigenvalue weighted by Gasteiger charge is 2.22. The van der Waals surface area contributed by atoms with Crippen LogP contribution in [0.15, 0.2) is 24.3 Å². The molecule has 1 fully saturated rings. The van der Waals surface area contributed by atoms with Gasteiger partial charge in [0, 0.05) is 19.1 Å². The lowest BCUT2D eigenvalue weighted by Gasteiger charge is -2.23. The van der Waals surface area contributed by atoms with E-state index in [0.29, 0.717) is 18.2 Å². The standard InChI is InChI=1S/C13H18N2O2/c14-8-12-2-1-7-15(12)9-10-3-5-11(6-4-10)13(16)17/h3-6,12H,1-2,7-9,14H2,(H,16,17). The molecule has 1 aliphatic heterocycles. The molecule has 0 bridgehead atoms. The number of likely N-dealkylation sites (tertiary alicyclic amines) is 1. The van der Waals surface area contributed by atoms with E-state index in [1.54, 1.807) is 12.1 Å². The van der Waals surface area contributed by atoms with Gasteiger partial charge in [0.1, 0.15) is 0 Å². The maximum Gasteiger partial charge on any atom is 0.335 e. The van der Waals surface area contributed by atoms with E-state index in [0.717, 1.165) is 18.7 Å². The van der Waals surface area contributed by atoms with Crippen LogP contribution in [0.3, 0.4) is 0 Å². The minimum atomic E-state index is -0.877. The summed E-state index contributed by atoms with van der Waals surface area (Å²) in [6, 6.07) is 7.57. The van der Waals surface area contributed by atoms with Crippen molar-refractivity contribution < 1.29 is 9.90 Å². The van der Waals surface area contributed by atoms with Crippen LogP contribution in [-0.2, 0) is 6.54 Å². The molecule has 3 N–H and O–H groups in total. The SMILES string of the molecule is NCC1CCCN1Cc1ccc(C(=O)O)cc1. The van der Waals surface area contributed by atoms with Gasteiger partial charge in [-0.1, -0.05) is 12.1 Å². The van der Waals surface area contributed by atoms with Gasteiger partial charge in [-0.05, 0) is 37.1 Å². The van der Waals surface area contributed by atoms with Gasteiger partial charge in [0.25, 0.3) is 0 Å². The average Bonchev–Trinajstić information content (AvgIpc) is 2.77. The van der Waals surface area contributed by atoms with Crippen molar-refractivity contribution in [3.63, 3.8) is 0 Å². The van der Waals surface area contributed by atoms with Gasteiger partial charge >= 0.3 is 5.97 Å². The van der Waals surface area contributed by atoms with Gasteiger partial charge < -0.3 is 10.8 Å². The number of hydrogen-bond donors (Lipinski definition) is 2.